The van der Waals surface area contributed by atoms with E-state index in [-0.39, 0.29) is 16.3 Å². The van der Waals surface area contributed by atoms with Gasteiger partial charge in [0.2, 0.25) is 15.9 Å². The molecule has 4 rings (SSSR count). The first-order valence-corrected chi connectivity index (χ1v) is 13.4. The number of anilines is 1. The Kier molecular flexibility index (Phi) is 7.07. The van der Waals surface area contributed by atoms with Crippen LogP contribution in [0, 0.1) is 12.7 Å². The van der Waals surface area contributed by atoms with Crippen molar-refractivity contribution in [3.63, 3.8) is 0 Å². The molecule has 1 amide bonds. The number of carbonyl (C=O) groups is 1. The summed E-state index contributed by atoms with van der Waals surface area (Å²) in [7, 11) is -0.712. The number of sulfonamides is 1. The molecule has 188 valence electrons. The molecular weight excluding hydrogens is 503 g/mol. The Morgan fingerprint density at radius 3 is 2.36 bits per heavy atom. The normalized spacial score (nSPS) is 12.7. The fourth-order valence-electron chi connectivity index (χ4n) is 3.96. The van der Waals surface area contributed by atoms with Crippen molar-refractivity contribution in [1.29, 1.82) is 0 Å². The van der Waals surface area contributed by atoms with Crippen LogP contribution >= 0.6 is 11.3 Å². The predicted molar refractivity (Wildman–Crippen MR) is 139 cm³/mol. The van der Waals surface area contributed by atoms with E-state index < -0.39 is 22.0 Å². The summed E-state index contributed by atoms with van der Waals surface area (Å²) in [5.74, 6) is -0.805. The number of nitrogens with one attached hydrogen (secondary N) is 1. The number of fused-ring (bicyclic) bond motifs is 1. The van der Waals surface area contributed by atoms with E-state index in [1.165, 1.54) is 72.7 Å². The molecule has 8 nitrogen and oxygen atoms in total. The highest BCUT2D eigenvalue weighted by molar-refractivity contribution is 7.89. The summed E-state index contributed by atoms with van der Waals surface area (Å²) in [4.78, 5) is 32.7. The number of hydrogen-bond acceptors (Lipinski definition) is 6. The van der Waals surface area contributed by atoms with Crippen molar-refractivity contribution >= 4 is 43.2 Å². The van der Waals surface area contributed by atoms with Crippen molar-refractivity contribution in [2.24, 2.45) is 0 Å². The minimum absolute atomic E-state index is 0.101. The number of benzene rings is 2. The third-order valence-electron chi connectivity index (χ3n) is 5.87. The first kappa shape index (κ1) is 25.7. The highest BCUT2D eigenvalue weighted by Crippen LogP contribution is 2.35. The zero-order valence-corrected chi connectivity index (χ0v) is 21.8. The van der Waals surface area contributed by atoms with Crippen LogP contribution < -0.4 is 10.9 Å². The van der Waals surface area contributed by atoms with Gasteiger partial charge in [-0.05, 0) is 55.3 Å². The van der Waals surface area contributed by atoms with Crippen LogP contribution in [0.1, 0.15) is 24.3 Å². The molecule has 4 aromatic rings. The lowest BCUT2D eigenvalue weighted by atomic mass is 10.0. The topological polar surface area (TPSA) is 101 Å². The number of halogens is 1. The van der Waals surface area contributed by atoms with Gasteiger partial charge in [0.05, 0.1) is 16.6 Å². The molecule has 11 heteroatoms. The van der Waals surface area contributed by atoms with Crippen LogP contribution in [0.15, 0.2) is 64.5 Å². The number of hydrogen-bond donors (Lipinski definition) is 1. The Hall–Kier alpha value is -3.41. The van der Waals surface area contributed by atoms with Gasteiger partial charge in [0.25, 0.3) is 5.56 Å². The molecule has 0 bridgehead atoms. The molecular formula is C25H25FN4O4S2. The molecule has 0 fully saturated rings. The number of aromatic nitrogens is 2. The van der Waals surface area contributed by atoms with Crippen molar-refractivity contribution in [2.75, 3.05) is 19.4 Å². The third-order valence-corrected chi connectivity index (χ3v) is 8.71. The maximum atomic E-state index is 13.6. The lowest BCUT2D eigenvalue weighted by Crippen LogP contribution is -2.33. The summed E-state index contributed by atoms with van der Waals surface area (Å²) in [5.41, 5.74) is 1.41. The molecule has 2 aromatic carbocycles. The maximum Gasteiger partial charge on any atom is 0.263 e. The molecule has 0 aliphatic carbocycles. The van der Waals surface area contributed by atoms with E-state index in [0.29, 0.717) is 33.5 Å². The average molecular weight is 529 g/mol. The Bertz CT molecular complexity index is 1590. The fourth-order valence-corrected chi connectivity index (χ4v) is 5.86. The first-order chi connectivity index (χ1) is 17.0. The van der Waals surface area contributed by atoms with E-state index in [4.69, 9.17) is 0 Å². The highest BCUT2D eigenvalue weighted by Gasteiger charge is 2.24. The summed E-state index contributed by atoms with van der Waals surface area (Å²) >= 11 is 1.36. The van der Waals surface area contributed by atoms with Crippen LogP contribution in [-0.4, -0.2) is 42.3 Å². The zero-order valence-electron chi connectivity index (χ0n) is 20.1. The number of thiophene rings is 1. The second kappa shape index (κ2) is 9.92. The fraction of sp³-hybridized carbons (Fsp3) is 0.240. The van der Waals surface area contributed by atoms with Gasteiger partial charge in [-0.3, -0.25) is 14.2 Å². The highest BCUT2D eigenvalue weighted by atomic mass is 32.2. The molecule has 0 spiro atoms. The van der Waals surface area contributed by atoms with Gasteiger partial charge in [-0.2, -0.15) is 0 Å². The van der Waals surface area contributed by atoms with Crippen molar-refractivity contribution in [2.45, 2.75) is 31.2 Å². The van der Waals surface area contributed by atoms with Gasteiger partial charge in [-0.1, -0.05) is 19.1 Å². The second-order valence-electron chi connectivity index (χ2n) is 8.40. The molecule has 1 N–H and O–H groups in total. The second-order valence-corrected chi connectivity index (χ2v) is 11.8. The summed E-state index contributed by atoms with van der Waals surface area (Å²) in [5, 5.41) is 3.14. The summed E-state index contributed by atoms with van der Waals surface area (Å²) < 4.78 is 40.4. The number of amides is 1. The SMILES string of the molecule is CCC(C(=O)Nc1ccc(S(=O)(=O)N(C)C)cc1)n1cnc2sc(C)c(-c3ccc(F)cc3)c2c1=O. The van der Waals surface area contributed by atoms with Gasteiger partial charge >= 0.3 is 0 Å². The molecule has 0 saturated heterocycles. The molecule has 1 atom stereocenters. The number of rotatable bonds is 7. The van der Waals surface area contributed by atoms with Crippen molar-refractivity contribution < 1.29 is 17.6 Å². The lowest BCUT2D eigenvalue weighted by Gasteiger charge is -2.18. The van der Waals surface area contributed by atoms with Crippen molar-refractivity contribution in [3.8, 4) is 11.1 Å². The molecule has 0 saturated carbocycles. The van der Waals surface area contributed by atoms with E-state index in [1.807, 2.05) is 6.92 Å². The van der Waals surface area contributed by atoms with Crippen LogP contribution in [-0.2, 0) is 14.8 Å². The molecule has 0 aliphatic heterocycles. The van der Waals surface area contributed by atoms with Gasteiger partial charge in [-0.25, -0.2) is 22.1 Å². The van der Waals surface area contributed by atoms with E-state index in [1.54, 1.807) is 19.1 Å². The van der Waals surface area contributed by atoms with Gasteiger partial charge in [0, 0.05) is 30.2 Å². The standard InChI is InChI=1S/C25H25FN4O4S2/c1-5-20(23(31)28-18-10-12-19(13-11-18)36(33,34)29(3)4)30-14-27-24-22(25(30)32)21(15(2)35-24)16-6-8-17(26)9-7-16/h6-14,20H,5H2,1-4H3,(H,28,31). The van der Waals surface area contributed by atoms with Crippen LogP contribution in [0.25, 0.3) is 21.3 Å². The number of aryl methyl sites for hydroxylation is 1. The largest absolute Gasteiger partial charge is 0.324 e. The van der Waals surface area contributed by atoms with E-state index in [0.717, 1.165) is 9.18 Å². The molecule has 2 heterocycles. The molecule has 1 unspecified atom stereocenters. The lowest BCUT2D eigenvalue weighted by molar-refractivity contribution is -0.119. The smallest absolute Gasteiger partial charge is 0.263 e. The van der Waals surface area contributed by atoms with E-state index in [9.17, 15) is 22.4 Å². The van der Waals surface area contributed by atoms with Gasteiger partial charge < -0.3 is 5.32 Å². The Morgan fingerprint density at radius 1 is 1.14 bits per heavy atom. The molecule has 0 radical (unpaired) electrons. The quantitative estimate of drug-likeness (QED) is 0.383. The molecule has 36 heavy (non-hydrogen) atoms. The van der Waals surface area contributed by atoms with E-state index >= 15 is 0 Å². The van der Waals surface area contributed by atoms with Gasteiger partial charge in [0.1, 0.15) is 16.7 Å². The summed E-state index contributed by atoms with van der Waals surface area (Å²) in [6, 6.07) is 10.9. The Morgan fingerprint density at radius 2 is 1.78 bits per heavy atom. The van der Waals surface area contributed by atoms with Crippen LogP contribution in [0.4, 0.5) is 10.1 Å². The van der Waals surface area contributed by atoms with Crippen LogP contribution in [0.3, 0.4) is 0 Å². The third kappa shape index (κ3) is 4.69. The average Bonchev–Trinajstić information content (AvgIpc) is 3.18. The predicted octanol–water partition coefficient (Wildman–Crippen LogP) is 4.41. The Balaban J connectivity index is 1.68. The Labute approximate surface area is 212 Å². The minimum atomic E-state index is -3.59. The number of carbonyl (C=O) groups excluding carboxylic acids is 1. The molecule has 2 aromatic heterocycles. The summed E-state index contributed by atoms with van der Waals surface area (Å²) in [6.45, 7) is 3.66. The van der Waals surface area contributed by atoms with Gasteiger partial charge in [-0.15, -0.1) is 11.3 Å². The maximum absolute atomic E-state index is 13.6. The molecule has 0 aliphatic rings. The number of nitrogens with zero attached hydrogens (tertiary/aromatic N) is 3. The van der Waals surface area contributed by atoms with Crippen LogP contribution in [0.2, 0.25) is 0 Å². The van der Waals surface area contributed by atoms with Crippen molar-refractivity contribution in [3.05, 3.63) is 75.9 Å². The monoisotopic (exact) mass is 528 g/mol. The first-order valence-electron chi connectivity index (χ1n) is 11.1. The van der Waals surface area contributed by atoms with Gasteiger partial charge in [0.15, 0.2) is 0 Å². The summed E-state index contributed by atoms with van der Waals surface area (Å²) in [6.07, 6.45) is 1.69. The minimum Gasteiger partial charge on any atom is -0.324 e. The van der Waals surface area contributed by atoms with Crippen LogP contribution in [0.5, 0.6) is 0 Å². The zero-order chi connectivity index (χ0) is 26.2. The van der Waals surface area contributed by atoms with E-state index in [2.05, 4.69) is 10.3 Å². The van der Waals surface area contributed by atoms with Crippen molar-refractivity contribution in [1.82, 2.24) is 13.9 Å².